The molecule has 1 heterocycles. The van der Waals surface area contributed by atoms with Crippen molar-refractivity contribution in [3.05, 3.63) is 48.0 Å². The molecule has 0 radical (unpaired) electrons. The Bertz CT molecular complexity index is 615. The van der Waals surface area contributed by atoms with Gasteiger partial charge in [0, 0.05) is 19.2 Å². The first kappa shape index (κ1) is 15.4. The molecule has 0 aliphatic heterocycles. The van der Waals surface area contributed by atoms with Gasteiger partial charge in [0.1, 0.15) is 19.0 Å². The number of carbonyl (C=O) groups is 1. The molecule has 0 aliphatic carbocycles. The fourth-order valence-corrected chi connectivity index (χ4v) is 1.73. The van der Waals surface area contributed by atoms with Crippen LogP contribution in [0.4, 0.5) is 4.79 Å². The Morgan fingerprint density at radius 3 is 2.86 bits per heavy atom. The van der Waals surface area contributed by atoms with Crippen LogP contribution in [-0.2, 0) is 17.8 Å². The van der Waals surface area contributed by atoms with Gasteiger partial charge in [-0.3, -0.25) is 0 Å². The number of terminal acetylenes is 1. The molecule has 2 rings (SSSR count). The lowest BCUT2D eigenvalue weighted by atomic mass is 10.2. The summed E-state index contributed by atoms with van der Waals surface area (Å²) in [5.41, 5.74) is 1.76. The van der Waals surface area contributed by atoms with Crippen LogP contribution in [0, 0.1) is 12.3 Å². The Morgan fingerprint density at radius 1 is 1.36 bits per heavy atom. The van der Waals surface area contributed by atoms with Gasteiger partial charge in [-0.15, -0.1) is 6.42 Å². The molecule has 0 spiro atoms. The molecular formula is C16H17N3O3. The zero-order valence-electron chi connectivity index (χ0n) is 12.0. The lowest BCUT2D eigenvalue weighted by Crippen LogP contribution is -2.26. The van der Waals surface area contributed by atoms with Crippen LogP contribution in [0.25, 0.3) is 0 Å². The number of benzene rings is 1. The smallest absolute Gasteiger partial charge is 0.407 e. The van der Waals surface area contributed by atoms with E-state index in [0.717, 1.165) is 11.3 Å². The second-order valence-electron chi connectivity index (χ2n) is 4.45. The predicted octanol–water partition coefficient (Wildman–Crippen LogP) is 1.89. The number of ether oxygens (including phenoxy) is 2. The van der Waals surface area contributed by atoms with Gasteiger partial charge in [0.2, 0.25) is 0 Å². The van der Waals surface area contributed by atoms with E-state index in [9.17, 15) is 4.79 Å². The van der Waals surface area contributed by atoms with Gasteiger partial charge in [0.15, 0.2) is 0 Å². The summed E-state index contributed by atoms with van der Waals surface area (Å²) in [6.45, 7) is 0.903. The van der Waals surface area contributed by atoms with E-state index in [1.54, 1.807) is 24.7 Å². The number of nitrogens with zero attached hydrogens (tertiary/aromatic N) is 1. The fraction of sp³-hybridized carbons (Fsp3) is 0.250. The van der Waals surface area contributed by atoms with Gasteiger partial charge >= 0.3 is 6.09 Å². The highest BCUT2D eigenvalue weighted by molar-refractivity contribution is 5.67. The van der Waals surface area contributed by atoms with E-state index in [2.05, 4.69) is 21.2 Å². The van der Waals surface area contributed by atoms with E-state index in [4.69, 9.17) is 15.9 Å². The highest BCUT2D eigenvalue weighted by Crippen LogP contribution is 2.12. The Kier molecular flexibility index (Phi) is 5.88. The van der Waals surface area contributed by atoms with E-state index in [1.807, 2.05) is 12.1 Å². The molecule has 1 aromatic heterocycles. The van der Waals surface area contributed by atoms with Crippen LogP contribution in [-0.4, -0.2) is 29.2 Å². The van der Waals surface area contributed by atoms with Gasteiger partial charge in [-0.2, -0.15) is 0 Å². The number of carbonyl (C=O) groups excluding carboxylic acids is 1. The maximum Gasteiger partial charge on any atom is 0.407 e. The summed E-state index contributed by atoms with van der Waals surface area (Å²) >= 11 is 0. The summed E-state index contributed by atoms with van der Waals surface area (Å²) < 4.78 is 10.4. The normalized spacial score (nSPS) is 9.77. The number of nitrogens with one attached hydrogen (secondary N) is 2. The summed E-state index contributed by atoms with van der Waals surface area (Å²) in [4.78, 5) is 18.5. The maximum absolute atomic E-state index is 11.5. The van der Waals surface area contributed by atoms with E-state index in [0.29, 0.717) is 18.7 Å². The third-order valence-electron chi connectivity index (χ3n) is 2.82. The molecule has 6 nitrogen and oxygen atoms in total. The van der Waals surface area contributed by atoms with E-state index in [1.165, 1.54) is 0 Å². The van der Waals surface area contributed by atoms with Crippen molar-refractivity contribution in [3.8, 4) is 18.1 Å². The van der Waals surface area contributed by atoms with Crippen molar-refractivity contribution in [2.24, 2.45) is 0 Å². The van der Waals surface area contributed by atoms with Crippen molar-refractivity contribution < 1.29 is 14.3 Å². The van der Waals surface area contributed by atoms with Crippen molar-refractivity contribution >= 4 is 6.09 Å². The van der Waals surface area contributed by atoms with Crippen LogP contribution in [0.3, 0.4) is 0 Å². The summed E-state index contributed by atoms with van der Waals surface area (Å²) in [5.74, 6) is 3.08. The molecule has 0 aliphatic rings. The van der Waals surface area contributed by atoms with Crippen LogP contribution in [0.1, 0.15) is 11.3 Å². The van der Waals surface area contributed by atoms with Gasteiger partial charge in [-0.1, -0.05) is 18.1 Å². The van der Waals surface area contributed by atoms with Gasteiger partial charge < -0.3 is 19.8 Å². The van der Waals surface area contributed by atoms with Crippen molar-refractivity contribution in [1.82, 2.24) is 15.3 Å². The standard InChI is InChI=1S/C16H17N3O3/c1-2-9-21-15-5-3-13(4-6-15)11-22-16(20)18-8-7-14-10-17-12-19-14/h1,3-6,10,12H,7-9,11H2,(H,17,19)(H,18,20). The third-order valence-corrected chi connectivity index (χ3v) is 2.82. The average molecular weight is 299 g/mol. The summed E-state index contributed by atoms with van der Waals surface area (Å²) in [5, 5.41) is 2.67. The number of amides is 1. The van der Waals surface area contributed by atoms with Crippen molar-refractivity contribution in [2.75, 3.05) is 13.2 Å². The van der Waals surface area contributed by atoms with Crippen LogP contribution < -0.4 is 10.1 Å². The Morgan fingerprint density at radius 2 is 2.18 bits per heavy atom. The Labute approximate surface area is 128 Å². The second kappa shape index (κ2) is 8.37. The molecule has 22 heavy (non-hydrogen) atoms. The number of alkyl carbamates (subject to hydrolysis) is 1. The minimum absolute atomic E-state index is 0.198. The Balaban J connectivity index is 1.66. The van der Waals surface area contributed by atoms with Crippen LogP contribution >= 0.6 is 0 Å². The molecule has 2 N–H and O–H groups in total. The van der Waals surface area contributed by atoms with Gasteiger partial charge in [0.05, 0.1) is 12.0 Å². The molecular weight excluding hydrogens is 282 g/mol. The molecule has 0 atom stereocenters. The third kappa shape index (κ3) is 5.21. The quantitative estimate of drug-likeness (QED) is 0.766. The molecule has 114 valence electrons. The zero-order valence-corrected chi connectivity index (χ0v) is 12.0. The molecule has 0 saturated carbocycles. The zero-order chi connectivity index (χ0) is 15.6. The molecule has 0 bridgehead atoms. The molecule has 6 heteroatoms. The minimum atomic E-state index is -0.455. The number of hydrogen-bond acceptors (Lipinski definition) is 4. The number of imidazole rings is 1. The van der Waals surface area contributed by atoms with Gasteiger partial charge in [-0.05, 0) is 17.7 Å². The van der Waals surface area contributed by atoms with Crippen LogP contribution in [0.5, 0.6) is 5.75 Å². The van der Waals surface area contributed by atoms with E-state index < -0.39 is 6.09 Å². The largest absolute Gasteiger partial charge is 0.481 e. The molecule has 1 aromatic carbocycles. The monoisotopic (exact) mass is 299 g/mol. The van der Waals surface area contributed by atoms with E-state index in [-0.39, 0.29) is 13.2 Å². The van der Waals surface area contributed by atoms with Crippen LogP contribution in [0.15, 0.2) is 36.8 Å². The first-order valence-corrected chi connectivity index (χ1v) is 6.81. The highest BCUT2D eigenvalue weighted by Gasteiger charge is 2.03. The number of hydrogen-bond donors (Lipinski definition) is 2. The van der Waals surface area contributed by atoms with Crippen molar-refractivity contribution in [2.45, 2.75) is 13.0 Å². The molecule has 1 amide bonds. The Hall–Kier alpha value is -2.94. The SMILES string of the molecule is C#CCOc1ccc(COC(=O)NCCc2c[nH]cn2)cc1. The van der Waals surface area contributed by atoms with Crippen molar-refractivity contribution in [1.29, 1.82) is 0 Å². The number of aromatic nitrogens is 2. The van der Waals surface area contributed by atoms with E-state index >= 15 is 0 Å². The van der Waals surface area contributed by atoms with Gasteiger partial charge in [-0.25, -0.2) is 9.78 Å². The maximum atomic E-state index is 11.5. The summed E-state index contributed by atoms with van der Waals surface area (Å²) in [7, 11) is 0. The lowest BCUT2D eigenvalue weighted by Gasteiger charge is -2.07. The topological polar surface area (TPSA) is 76.2 Å². The molecule has 2 aromatic rings. The molecule has 0 saturated heterocycles. The highest BCUT2D eigenvalue weighted by atomic mass is 16.5. The first-order valence-electron chi connectivity index (χ1n) is 6.81. The first-order chi connectivity index (χ1) is 10.8. The lowest BCUT2D eigenvalue weighted by molar-refractivity contribution is 0.140. The number of rotatable bonds is 7. The predicted molar refractivity (Wildman–Crippen MR) is 81.2 cm³/mol. The number of aromatic amines is 1. The van der Waals surface area contributed by atoms with Crippen LogP contribution in [0.2, 0.25) is 0 Å². The fourth-order valence-electron chi connectivity index (χ4n) is 1.73. The number of H-pyrrole nitrogens is 1. The average Bonchev–Trinajstić information content (AvgIpc) is 3.05. The van der Waals surface area contributed by atoms with Gasteiger partial charge in [0.25, 0.3) is 0 Å². The summed E-state index contributed by atoms with van der Waals surface area (Å²) in [6, 6.07) is 7.21. The molecule has 0 fully saturated rings. The second-order valence-corrected chi connectivity index (χ2v) is 4.45. The summed E-state index contributed by atoms with van der Waals surface area (Å²) in [6.07, 6.45) is 8.70. The molecule has 0 unspecified atom stereocenters. The minimum Gasteiger partial charge on any atom is -0.481 e. The van der Waals surface area contributed by atoms with Crippen molar-refractivity contribution in [3.63, 3.8) is 0 Å².